The van der Waals surface area contributed by atoms with E-state index in [0.29, 0.717) is 0 Å². The summed E-state index contributed by atoms with van der Waals surface area (Å²) in [6, 6.07) is 0. The molecule has 11 heavy (non-hydrogen) atoms. The fourth-order valence-corrected chi connectivity index (χ4v) is 2.05. The minimum absolute atomic E-state index is 0.0291. The average molecular weight is 199 g/mol. The van der Waals surface area contributed by atoms with E-state index in [1.165, 1.54) is 0 Å². The van der Waals surface area contributed by atoms with Crippen molar-refractivity contribution in [3.05, 3.63) is 0 Å². The van der Waals surface area contributed by atoms with E-state index in [4.69, 9.17) is 5.11 Å². The largest absolute Gasteiger partial charge is 0.388 e. The van der Waals surface area contributed by atoms with Gasteiger partial charge in [-0.05, 0) is 0 Å². The molecule has 0 aromatic heterocycles. The van der Waals surface area contributed by atoms with E-state index in [9.17, 15) is 13.5 Å². The van der Waals surface area contributed by atoms with Crippen LogP contribution in [0.15, 0.2) is 0 Å². The van der Waals surface area contributed by atoms with Crippen molar-refractivity contribution in [3.8, 4) is 0 Å². The van der Waals surface area contributed by atoms with Gasteiger partial charge in [0.15, 0.2) is 0 Å². The molecule has 3 unspecified atom stereocenters. The Morgan fingerprint density at radius 3 is 2.36 bits per heavy atom. The topological polar surface area (TPSA) is 77.8 Å². The quantitative estimate of drug-likeness (QED) is 0.329. The molecular weight excluding hydrogens is 189 g/mol. The second-order valence-electron chi connectivity index (χ2n) is 2.59. The van der Waals surface area contributed by atoms with Crippen molar-refractivity contribution in [1.82, 2.24) is 4.31 Å². The lowest BCUT2D eigenvalue weighted by Crippen LogP contribution is -2.34. The molecule has 3 atom stereocenters. The third kappa shape index (κ3) is 1.89. The summed E-state index contributed by atoms with van der Waals surface area (Å²) in [6.45, 7) is -0.0871. The maximum absolute atomic E-state index is 10.4. The Kier molecular flexibility index (Phi) is 2.51. The van der Waals surface area contributed by atoms with Gasteiger partial charge in [-0.25, -0.2) is 8.42 Å². The number of rotatable bonds is 1. The zero-order valence-corrected chi connectivity index (χ0v) is 7.72. The van der Waals surface area contributed by atoms with E-state index in [1.807, 2.05) is 9.24 Å². The monoisotopic (exact) mass is 199 g/mol. The predicted octanol–water partition coefficient (Wildman–Crippen LogP) is -2.25. The molecule has 1 heterocycles. The van der Waals surface area contributed by atoms with Crippen molar-refractivity contribution in [2.24, 2.45) is 0 Å². The molecule has 5 nitrogen and oxygen atoms in total. The highest BCUT2D eigenvalue weighted by Crippen LogP contribution is 2.27. The molecule has 2 N–H and O–H groups in total. The molecule has 1 aliphatic rings. The Morgan fingerprint density at radius 1 is 1.64 bits per heavy atom. The van der Waals surface area contributed by atoms with Crippen molar-refractivity contribution >= 4 is 20.1 Å². The van der Waals surface area contributed by atoms with Crippen LogP contribution in [0.3, 0.4) is 0 Å². The van der Waals surface area contributed by atoms with Crippen molar-refractivity contribution in [2.75, 3.05) is 13.1 Å². The minimum atomic E-state index is -2.69. The Morgan fingerprint density at radius 2 is 2.18 bits per heavy atom. The number of aliphatic hydroxyl groups excluding tert-OH is 1. The first kappa shape index (κ1) is 9.35. The van der Waals surface area contributed by atoms with Crippen LogP contribution in [0.25, 0.3) is 0 Å². The lowest BCUT2D eigenvalue weighted by atomic mass is 10.2. The fraction of sp³-hybridized carbons (Fsp3) is 1.00. The van der Waals surface area contributed by atoms with Gasteiger partial charge in [-0.1, -0.05) is 9.24 Å². The molecule has 1 saturated heterocycles. The zero-order chi connectivity index (χ0) is 8.65. The third-order valence-corrected chi connectivity index (χ3v) is 2.96. The fourth-order valence-electron chi connectivity index (χ4n) is 0.944. The van der Waals surface area contributed by atoms with Gasteiger partial charge in [-0.3, -0.25) is 0 Å². The number of hydrogen-bond donors (Lipinski definition) is 3. The summed E-state index contributed by atoms with van der Waals surface area (Å²) >= 11 is 0. The summed E-state index contributed by atoms with van der Waals surface area (Å²) in [5.41, 5.74) is 0. The minimum Gasteiger partial charge on any atom is -0.388 e. The van der Waals surface area contributed by atoms with Crippen LogP contribution in [0.4, 0.5) is 0 Å². The molecule has 66 valence electrons. The van der Waals surface area contributed by atoms with Crippen LogP contribution >= 0.6 is 9.24 Å². The third-order valence-electron chi connectivity index (χ3n) is 1.63. The van der Waals surface area contributed by atoms with Gasteiger partial charge in [0.1, 0.15) is 11.4 Å². The van der Waals surface area contributed by atoms with E-state index in [0.717, 1.165) is 4.31 Å². The molecule has 0 bridgehead atoms. The molecule has 0 aromatic carbocycles. The molecule has 0 aromatic rings. The molecule has 0 spiro atoms. The van der Waals surface area contributed by atoms with Gasteiger partial charge in [0, 0.05) is 13.1 Å². The summed E-state index contributed by atoms with van der Waals surface area (Å²) < 4.78 is 21.7. The molecule has 7 heteroatoms. The van der Waals surface area contributed by atoms with Crippen LogP contribution in [0.5, 0.6) is 0 Å². The van der Waals surface area contributed by atoms with Gasteiger partial charge in [-0.2, -0.15) is 4.31 Å². The van der Waals surface area contributed by atoms with Crippen LogP contribution in [0, 0.1) is 0 Å². The highest BCUT2D eigenvalue weighted by molar-refractivity contribution is 7.69. The summed E-state index contributed by atoms with van der Waals surface area (Å²) in [6.07, 6.45) is -1.01. The summed E-state index contributed by atoms with van der Waals surface area (Å²) in [4.78, 5) is 0. The van der Waals surface area contributed by atoms with Crippen molar-refractivity contribution in [3.63, 3.8) is 0 Å². The molecule has 0 aliphatic carbocycles. The number of hydrogen-bond acceptors (Lipinski definition) is 4. The van der Waals surface area contributed by atoms with Crippen LogP contribution < -0.4 is 0 Å². The Balaban J connectivity index is 2.72. The van der Waals surface area contributed by atoms with E-state index >= 15 is 0 Å². The van der Waals surface area contributed by atoms with Gasteiger partial charge < -0.3 is 10.2 Å². The molecule has 1 aliphatic heterocycles. The highest BCUT2D eigenvalue weighted by atomic mass is 32.2. The second kappa shape index (κ2) is 2.95. The smallest absolute Gasteiger partial charge is 0.204 e. The molecule has 1 fully saturated rings. The van der Waals surface area contributed by atoms with Gasteiger partial charge in [0.2, 0.25) is 10.9 Å². The summed E-state index contributed by atoms with van der Waals surface area (Å²) in [5.74, 6) is 0. The number of β-amino-alcohol motifs (C(OH)–C–C–N with tert-alkyl or cyclic N) is 2. The first-order valence-electron chi connectivity index (χ1n) is 3.02. The van der Waals surface area contributed by atoms with Gasteiger partial charge in [0.05, 0.1) is 0 Å². The maximum Gasteiger partial charge on any atom is 0.204 e. The van der Waals surface area contributed by atoms with Gasteiger partial charge >= 0.3 is 0 Å². The number of nitrogens with zero attached hydrogens (tertiary/aromatic N) is 1. The lowest BCUT2D eigenvalue weighted by Gasteiger charge is -2.18. The Bertz CT molecular complexity index is 220. The number of aliphatic hydroxyl groups is 2. The molecule has 0 saturated carbocycles. The normalized spacial score (nSPS) is 40.2. The first-order valence-corrected chi connectivity index (χ1v) is 4.73. The van der Waals surface area contributed by atoms with Crippen LogP contribution in [-0.4, -0.2) is 47.5 Å². The number of thiol groups is 1. The van der Waals surface area contributed by atoms with E-state index in [-0.39, 0.29) is 13.1 Å². The standard InChI is InChI=1S/C4H10NO4PS/c6-3-1-5(11(8)9)2-4(3,7)10/h3,6-7,11H,1-2,10H2. The highest BCUT2D eigenvalue weighted by Gasteiger charge is 2.41. The first-order chi connectivity index (χ1) is 4.93. The van der Waals surface area contributed by atoms with E-state index < -0.39 is 22.3 Å². The Labute approximate surface area is 68.3 Å². The van der Waals surface area contributed by atoms with E-state index in [1.54, 1.807) is 0 Å². The maximum atomic E-state index is 10.4. The molecule has 1 rings (SSSR count). The van der Waals surface area contributed by atoms with Crippen molar-refractivity contribution in [1.29, 1.82) is 0 Å². The lowest BCUT2D eigenvalue weighted by molar-refractivity contribution is 0.0300. The summed E-state index contributed by atoms with van der Waals surface area (Å²) in [7, 11) is -0.651. The SMILES string of the molecule is O=[SH](=O)N1CC(O)C(O)(P)C1. The van der Waals surface area contributed by atoms with Crippen molar-refractivity contribution in [2.45, 2.75) is 11.4 Å². The summed E-state index contributed by atoms with van der Waals surface area (Å²) in [5, 5.41) is 17.0. The Hall–Kier alpha value is 0.260. The predicted molar refractivity (Wildman–Crippen MR) is 42.6 cm³/mol. The van der Waals surface area contributed by atoms with E-state index in [2.05, 4.69) is 0 Å². The molecular formula is C4H10NO4PS. The second-order valence-corrected chi connectivity index (χ2v) is 4.63. The van der Waals surface area contributed by atoms with Crippen LogP contribution in [-0.2, 0) is 10.9 Å². The van der Waals surface area contributed by atoms with Crippen LogP contribution in [0.2, 0.25) is 0 Å². The van der Waals surface area contributed by atoms with Gasteiger partial charge in [0.25, 0.3) is 0 Å². The average Bonchev–Trinajstić information content (AvgIpc) is 2.08. The van der Waals surface area contributed by atoms with Gasteiger partial charge in [-0.15, -0.1) is 0 Å². The molecule has 0 amide bonds. The van der Waals surface area contributed by atoms with Crippen molar-refractivity contribution < 1.29 is 18.6 Å². The molecule has 0 radical (unpaired) electrons. The van der Waals surface area contributed by atoms with Crippen LogP contribution in [0.1, 0.15) is 0 Å². The zero-order valence-electron chi connectivity index (χ0n) is 5.67.